The maximum Gasteiger partial charge on any atom is 0.357 e. The lowest BCUT2D eigenvalue weighted by Crippen LogP contribution is -2.01. The predicted octanol–water partition coefficient (Wildman–Crippen LogP) is 3.15. The van der Waals surface area contributed by atoms with Gasteiger partial charge in [0.05, 0.1) is 5.56 Å². The Bertz CT molecular complexity index is 587. The molecule has 1 atom stereocenters. The Kier molecular flexibility index (Phi) is 3.69. The Labute approximate surface area is 105 Å². The van der Waals surface area contributed by atoms with Crippen LogP contribution in [0.25, 0.3) is 11.1 Å². The molecule has 0 aliphatic carbocycles. The van der Waals surface area contributed by atoms with Crippen molar-refractivity contribution in [1.82, 2.24) is 0 Å². The van der Waals surface area contributed by atoms with Crippen molar-refractivity contribution in [3.63, 3.8) is 0 Å². The maximum absolute atomic E-state index is 13.7. The van der Waals surface area contributed by atoms with E-state index in [1.54, 1.807) is 30.3 Å². The van der Waals surface area contributed by atoms with Gasteiger partial charge in [0.2, 0.25) is 0 Å². The van der Waals surface area contributed by atoms with Gasteiger partial charge >= 0.3 is 11.4 Å². The minimum atomic E-state index is -2.65. The van der Waals surface area contributed by atoms with E-state index >= 15 is 0 Å². The van der Waals surface area contributed by atoms with E-state index in [1.165, 1.54) is 0 Å². The highest BCUT2D eigenvalue weighted by Gasteiger charge is 2.16. The number of rotatable bonds is 3. The minimum Gasteiger partial charge on any atom is -0.379 e. The fourth-order valence-corrected chi connectivity index (χ4v) is 1.86. The summed E-state index contributed by atoms with van der Waals surface area (Å²) in [5.74, 6) is -2.06. The van der Waals surface area contributed by atoms with Gasteiger partial charge in [-0.05, 0) is 5.56 Å². The zero-order valence-corrected chi connectivity index (χ0v) is 9.79. The molecule has 1 N–H and O–H groups in total. The van der Waals surface area contributed by atoms with E-state index in [0.29, 0.717) is 11.6 Å². The average molecular weight is 270 g/mol. The molecule has 2 aromatic rings. The molecular formula is C12H8F2O3S. The van der Waals surface area contributed by atoms with Gasteiger partial charge in [0.15, 0.2) is 5.75 Å². The quantitative estimate of drug-likeness (QED) is 0.871. The third-order valence-corrected chi connectivity index (χ3v) is 2.56. The molecule has 0 aromatic heterocycles. The molecule has 6 heteroatoms. The second-order valence-electron chi connectivity index (χ2n) is 3.43. The Hall–Kier alpha value is -1.79. The van der Waals surface area contributed by atoms with E-state index in [2.05, 4.69) is 4.18 Å². The Morgan fingerprint density at radius 3 is 2.39 bits per heavy atom. The molecule has 0 heterocycles. The van der Waals surface area contributed by atoms with Gasteiger partial charge in [-0.25, -0.2) is 8.78 Å². The van der Waals surface area contributed by atoms with Crippen LogP contribution in [-0.4, -0.2) is 8.76 Å². The van der Waals surface area contributed by atoms with Crippen LogP contribution in [0.1, 0.15) is 0 Å². The highest BCUT2D eigenvalue weighted by molar-refractivity contribution is 7.74. The van der Waals surface area contributed by atoms with Crippen molar-refractivity contribution < 1.29 is 21.7 Å². The molecule has 2 aromatic carbocycles. The van der Waals surface area contributed by atoms with Gasteiger partial charge in [-0.15, -0.1) is 0 Å². The molecule has 0 aliphatic heterocycles. The Morgan fingerprint density at radius 2 is 1.78 bits per heavy atom. The predicted molar refractivity (Wildman–Crippen MR) is 63.2 cm³/mol. The van der Waals surface area contributed by atoms with E-state index in [4.69, 9.17) is 4.55 Å². The van der Waals surface area contributed by atoms with E-state index in [0.717, 1.165) is 6.07 Å². The van der Waals surface area contributed by atoms with E-state index in [-0.39, 0.29) is 11.3 Å². The second kappa shape index (κ2) is 5.24. The molecule has 1 unspecified atom stereocenters. The second-order valence-corrected chi connectivity index (χ2v) is 4.03. The van der Waals surface area contributed by atoms with Gasteiger partial charge in [0.25, 0.3) is 0 Å². The zero-order valence-electron chi connectivity index (χ0n) is 8.97. The van der Waals surface area contributed by atoms with Crippen molar-refractivity contribution in [2.24, 2.45) is 0 Å². The average Bonchev–Trinajstić information content (AvgIpc) is 2.28. The van der Waals surface area contributed by atoms with Crippen LogP contribution in [0.3, 0.4) is 0 Å². The van der Waals surface area contributed by atoms with Crippen LogP contribution < -0.4 is 4.18 Å². The molecule has 0 saturated carbocycles. The van der Waals surface area contributed by atoms with Gasteiger partial charge in [0, 0.05) is 12.1 Å². The molecule has 2 rings (SSSR count). The van der Waals surface area contributed by atoms with E-state index < -0.39 is 23.0 Å². The van der Waals surface area contributed by atoms with Gasteiger partial charge in [-0.1, -0.05) is 30.3 Å². The summed E-state index contributed by atoms with van der Waals surface area (Å²) in [6, 6.07) is 9.78. The first-order chi connectivity index (χ1) is 8.58. The van der Waals surface area contributed by atoms with Gasteiger partial charge in [-0.2, -0.15) is 4.21 Å². The molecule has 18 heavy (non-hydrogen) atoms. The van der Waals surface area contributed by atoms with Crippen LogP contribution in [0.4, 0.5) is 8.78 Å². The van der Waals surface area contributed by atoms with Gasteiger partial charge in [-0.3, -0.25) is 4.55 Å². The third kappa shape index (κ3) is 2.72. The lowest BCUT2D eigenvalue weighted by atomic mass is 10.0. The first-order valence-corrected chi connectivity index (χ1v) is 5.95. The van der Waals surface area contributed by atoms with Crippen molar-refractivity contribution in [3.05, 3.63) is 54.1 Å². The number of hydrogen-bond donors (Lipinski definition) is 1. The summed E-state index contributed by atoms with van der Waals surface area (Å²) in [6.45, 7) is 0. The molecule has 0 radical (unpaired) electrons. The topological polar surface area (TPSA) is 46.5 Å². The Balaban J connectivity index is 2.61. The summed E-state index contributed by atoms with van der Waals surface area (Å²) in [6.07, 6.45) is 0. The molecule has 0 amide bonds. The van der Waals surface area contributed by atoms with E-state index in [9.17, 15) is 13.0 Å². The maximum atomic E-state index is 13.7. The lowest BCUT2D eigenvalue weighted by molar-refractivity contribution is 0.454. The number of benzene rings is 2. The summed E-state index contributed by atoms with van der Waals surface area (Å²) < 4.78 is 50.6. The Morgan fingerprint density at radius 1 is 1.11 bits per heavy atom. The van der Waals surface area contributed by atoms with Gasteiger partial charge in [0.1, 0.15) is 11.6 Å². The molecule has 0 fully saturated rings. The highest BCUT2D eigenvalue weighted by atomic mass is 32.2. The summed E-state index contributed by atoms with van der Waals surface area (Å²) in [5.41, 5.74) is 0.370. The molecular weight excluding hydrogens is 262 g/mol. The standard InChI is InChI=1S/C12H8F2O3S/c13-9-6-10(14)12(8-4-2-1-3-5-8)11(7-9)17-18(15)16/h1-7H,(H,15,16). The molecule has 0 spiro atoms. The van der Waals surface area contributed by atoms with Crippen molar-refractivity contribution in [1.29, 1.82) is 0 Å². The first kappa shape index (κ1) is 12.7. The van der Waals surface area contributed by atoms with Crippen LogP contribution >= 0.6 is 0 Å². The van der Waals surface area contributed by atoms with Crippen molar-refractivity contribution in [2.45, 2.75) is 0 Å². The normalized spacial score (nSPS) is 12.2. The van der Waals surface area contributed by atoms with Gasteiger partial charge < -0.3 is 4.18 Å². The van der Waals surface area contributed by atoms with Crippen LogP contribution in [0, 0.1) is 11.6 Å². The van der Waals surface area contributed by atoms with Crippen LogP contribution in [-0.2, 0) is 11.4 Å². The molecule has 0 aliphatic rings. The fraction of sp³-hybridized carbons (Fsp3) is 0. The first-order valence-electron chi connectivity index (χ1n) is 4.91. The fourth-order valence-electron chi connectivity index (χ4n) is 1.58. The largest absolute Gasteiger partial charge is 0.379 e. The molecule has 0 bridgehead atoms. The third-order valence-electron chi connectivity index (χ3n) is 2.24. The summed E-state index contributed by atoms with van der Waals surface area (Å²) in [7, 11) is 0. The summed E-state index contributed by atoms with van der Waals surface area (Å²) in [5, 5.41) is 0. The van der Waals surface area contributed by atoms with Crippen molar-refractivity contribution in [3.8, 4) is 16.9 Å². The van der Waals surface area contributed by atoms with Crippen LogP contribution in [0.5, 0.6) is 5.75 Å². The highest BCUT2D eigenvalue weighted by Crippen LogP contribution is 2.33. The van der Waals surface area contributed by atoms with Crippen molar-refractivity contribution >= 4 is 11.4 Å². The summed E-state index contributed by atoms with van der Waals surface area (Å²) in [4.78, 5) is 0. The summed E-state index contributed by atoms with van der Waals surface area (Å²) >= 11 is -2.65. The lowest BCUT2D eigenvalue weighted by Gasteiger charge is -2.09. The molecule has 94 valence electrons. The van der Waals surface area contributed by atoms with Crippen LogP contribution in [0.15, 0.2) is 42.5 Å². The number of halogens is 2. The van der Waals surface area contributed by atoms with Crippen LogP contribution in [0.2, 0.25) is 0 Å². The molecule has 3 nitrogen and oxygen atoms in total. The molecule has 0 saturated heterocycles. The van der Waals surface area contributed by atoms with Crippen molar-refractivity contribution in [2.75, 3.05) is 0 Å². The zero-order chi connectivity index (χ0) is 13.1. The smallest absolute Gasteiger partial charge is 0.357 e. The van der Waals surface area contributed by atoms with E-state index in [1.807, 2.05) is 0 Å². The SMILES string of the molecule is O=S(O)Oc1cc(F)cc(F)c1-c1ccccc1. The minimum absolute atomic E-state index is 0.0561. The monoisotopic (exact) mass is 270 g/mol. The number of hydrogen-bond acceptors (Lipinski definition) is 2.